The Hall–Kier alpha value is -0.580. The van der Waals surface area contributed by atoms with Gasteiger partial charge in [0, 0.05) is 32.9 Å². The van der Waals surface area contributed by atoms with E-state index in [0.29, 0.717) is 5.41 Å². The Kier molecular flexibility index (Phi) is 3.76. The molecular weight excluding hydrogens is 236 g/mol. The zero-order chi connectivity index (χ0) is 11.0. The van der Waals surface area contributed by atoms with Crippen molar-refractivity contribution in [3.8, 4) is 0 Å². The third-order valence-corrected chi connectivity index (χ3v) is 4.15. The van der Waals surface area contributed by atoms with Gasteiger partial charge < -0.3 is 9.88 Å². The summed E-state index contributed by atoms with van der Waals surface area (Å²) in [6.45, 7) is 5.98. The number of hydrogen-bond acceptors (Lipinski definition) is 3. The third kappa shape index (κ3) is 2.49. The number of likely N-dealkylation sites (tertiary alicyclic amines) is 1. The first-order chi connectivity index (χ1) is 7.77. The quantitative estimate of drug-likeness (QED) is 0.858. The second-order valence-corrected chi connectivity index (χ2v) is 5.38. The summed E-state index contributed by atoms with van der Waals surface area (Å²) in [5.41, 5.74) is 1.90. The molecule has 17 heavy (non-hydrogen) atoms. The second-order valence-electron chi connectivity index (χ2n) is 5.38. The minimum atomic E-state index is 0. The second kappa shape index (κ2) is 4.96. The van der Waals surface area contributed by atoms with Crippen LogP contribution in [0.4, 0.5) is 0 Å². The lowest BCUT2D eigenvalue weighted by molar-refractivity contribution is 0.264. The van der Waals surface area contributed by atoms with Gasteiger partial charge in [0.2, 0.25) is 0 Å². The van der Waals surface area contributed by atoms with Gasteiger partial charge in [-0.25, -0.2) is 4.98 Å². The number of halogens is 1. The predicted octanol–water partition coefficient (Wildman–Crippen LogP) is 1.03. The molecule has 2 fully saturated rings. The molecule has 96 valence electrons. The molecule has 1 spiro atoms. The molecule has 1 aromatic heterocycles. The van der Waals surface area contributed by atoms with Gasteiger partial charge in [0.25, 0.3) is 0 Å². The minimum Gasteiger partial charge on any atom is -0.337 e. The van der Waals surface area contributed by atoms with Crippen LogP contribution in [0.25, 0.3) is 0 Å². The standard InChI is InChI=1S/C12H20N4.ClH/c1-15-10-14-6-11(15)7-16-5-3-12(9-16)2-4-13-8-12;/h6,10,13H,2-5,7-9H2,1H3;1H. The van der Waals surface area contributed by atoms with Crippen molar-refractivity contribution in [1.29, 1.82) is 0 Å². The lowest BCUT2D eigenvalue weighted by Crippen LogP contribution is -2.29. The fourth-order valence-corrected chi connectivity index (χ4v) is 3.07. The van der Waals surface area contributed by atoms with Gasteiger partial charge in [-0.2, -0.15) is 0 Å². The van der Waals surface area contributed by atoms with Crippen molar-refractivity contribution in [2.75, 3.05) is 26.2 Å². The van der Waals surface area contributed by atoms with Crippen molar-refractivity contribution in [3.05, 3.63) is 18.2 Å². The van der Waals surface area contributed by atoms with Crippen molar-refractivity contribution in [2.24, 2.45) is 12.5 Å². The number of rotatable bonds is 2. The Morgan fingerprint density at radius 3 is 3.00 bits per heavy atom. The van der Waals surface area contributed by atoms with Crippen molar-refractivity contribution >= 4 is 12.4 Å². The molecule has 3 heterocycles. The number of nitrogens with one attached hydrogen (secondary N) is 1. The SMILES string of the molecule is Cl.Cn1cncc1CN1CCC2(CCNC2)C1. The lowest BCUT2D eigenvalue weighted by atomic mass is 9.87. The Morgan fingerprint density at radius 2 is 2.35 bits per heavy atom. The van der Waals surface area contributed by atoms with Crippen LogP contribution in [0.1, 0.15) is 18.5 Å². The van der Waals surface area contributed by atoms with E-state index in [4.69, 9.17) is 0 Å². The maximum Gasteiger partial charge on any atom is 0.0945 e. The van der Waals surface area contributed by atoms with Gasteiger partial charge >= 0.3 is 0 Å². The van der Waals surface area contributed by atoms with Crippen LogP contribution in [0.3, 0.4) is 0 Å². The Balaban J connectivity index is 0.00000108. The van der Waals surface area contributed by atoms with Crippen LogP contribution in [-0.2, 0) is 13.6 Å². The zero-order valence-corrected chi connectivity index (χ0v) is 11.2. The van der Waals surface area contributed by atoms with E-state index in [-0.39, 0.29) is 12.4 Å². The van der Waals surface area contributed by atoms with Crippen LogP contribution in [0, 0.1) is 5.41 Å². The average molecular weight is 257 g/mol. The van der Waals surface area contributed by atoms with E-state index in [0.717, 1.165) is 6.54 Å². The van der Waals surface area contributed by atoms with Crippen molar-refractivity contribution in [3.63, 3.8) is 0 Å². The van der Waals surface area contributed by atoms with Gasteiger partial charge in [0.05, 0.1) is 12.0 Å². The van der Waals surface area contributed by atoms with E-state index in [2.05, 4.69) is 26.8 Å². The molecule has 5 heteroatoms. The largest absolute Gasteiger partial charge is 0.337 e. The van der Waals surface area contributed by atoms with Crippen LogP contribution in [0.2, 0.25) is 0 Å². The van der Waals surface area contributed by atoms with Crippen LogP contribution >= 0.6 is 12.4 Å². The Bertz CT molecular complexity index is 370. The molecule has 2 aliphatic rings. The van der Waals surface area contributed by atoms with E-state index in [9.17, 15) is 0 Å². The van der Waals surface area contributed by atoms with Gasteiger partial charge in [0.15, 0.2) is 0 Å². The summed E-state index contributed by atoms with van der Waals surface area (Å²) in [5.74, 6) is 0. The zero-order valence-electron chi connectivity index (χ0n) is 10.4. The molecule has 3 rings (SSSR count). The molecule has 0 bridgehead atoms. The molecule has 0 amide bonds. The monoisotopic (exact) mass is 256 g/mol. The first kappa shape index (κ1) is 12.9. The van der Waals surface area contributed by atoms with Crippen LogP contribution in [-0.4, -0.2) is 40.6 Å². The van der Waals surface area contributed by atoms with Crippen LogP contribution < -0.4 is 5.32 Å². The van der Waals surface area contributed by atoms with Gasteiger partial charge in [-0.1, -0.05) is 0 Å². The molecular formula is C12H21ClN4. The first-order valence-electron chi connectivity index (χ1n) is 6.16. The van der Waals surface area contributed by atoms with E-state index >= 15 is 0 Å². The highest BCUT2D eigenvalue weighted by molar-refractivity contribution is 5.85. The van der Waals surface area contributed by atoms with Crippen LogP contribution in [0.5, 0.6) is 0 Å². The molecule has 0 aliphatic carbocycles. The highest BCUT2D eigenvalue weighted by atomic mass is 35.5. The summed E-state index contributed by atoms with van der Waals surface area (Å²) >= 11 is 0. The molecule has 1 aromatic rings. The summed E-state index contributed by atoms with van der Waals surface area (Å²) < 4.78 is 2.12. The molecule has 0 aromatic carbocycles. The Morgan fingerprint density at radius 1 is 1.47 bits per heavy atom. The van der Waals surface area contributed by atoms with Crippen molar-refractivity contribution in [1.82, 2.24) is 19.8 Å². The summed E-state index contributed by atoms with van der Waals surface area (Å²) in [7, 11) is 2.07. The third-order valence-electron chi connectivity index (χ3n) is 4.15. The first-order valence-corrected chi connectivity index (χ1v) is 6.16. The number of aromatic nitrogens is 2. The van der Waals surface area contributed by atoms with E-state index in [1.807, 2.05) is 12.5 Å². The van der Waals surface area contributed by atoms with E-state index < -0.39 is 0 Å². The van der Waals surface area contributed by atoms with E-state index in [1.54, 1.807) is 0 Å². The summed E-state index contributed by atoms with van der Waals surface area (Å²) in [6, 6.07) is 0. The van der Waals surface area contributed by atoms with Gasteiger partial charge in [-0.05, 0) is 31.3 Å². The molecule has 2 aliphatic heterocycles. The highest BCUT2D eigenvalue weighted by Crippen LogP contribution is 2.36. The highest BCUT2D eigenvalue weighted by Gasteiger charge is 2.40. The van der Waals surface area contributed by atoms with Crippen molar-refractivity contribution in [2.45, 2.75) is 19.4 Å². The maximum absolute atomic E-state index is 4.18. The summed E-state index contributed by atoms with van der Waals surface area (Å²) in [4.78, 5) is 6.75. The predicted molar refractivity (Wildman–Crippen MR) is 70.3 cm³/mol. The minimum absolute atomic E-state index is 0. The summed E-state index contributed by atoms with van der Waals surface area (Å²) in [5, 5.41) is 3.50. The number of hydrogen-bond donors (Lipinski definition) is 1. The summed E-state index contributed by atoms with van der Waals surface area (Å²) in [6.07, 6.45) is 6.59. The van der Waals surface area contributed by atoms with Gasteiger partial charge in [-0.15, -0.1) is 12.4 Å². The smallest absolute Gasteiger partial charge is 0.0945 e. The number of nitrogens with zero attached hydrogens (tertiary/aromatic N) is 3. The Labute approximate surface area is 109 Å². The maximum atomic E-state index is 4.18. The number of imidazole rings is 1. The average Bonchev–Trinajstić information content (AvgIpc) is 2.96. The molecule has 0 saturated carbocycles. The molecule has 4 nitrogen and oxygen atoms in total. The molecule has 0 radical (unpaired) electrons. The van der Waals surface area contributed by atoms with E-state index in [1.165, 1.54) is 44.7 Å². The fourth-order valence-electron chi connectivity index (χ4n) is 3.07. The lowest BCUT2D eigenvalue weighted by Gasteiger charge is -2.22. The topological polar surface area (TPSA) is 33.1 Å². The number of aryl methyl sites for hydroxylation is 1. The molecule has 1 unspecified atom stereocenters. The molecule has 2 saturated heterocycles. The normalized spacial score (nSPS) is 28.8. The fraction of sp³-hybridized carbons (Fsp3) is 0.750. The van der Waals surface area contributed by atoms with Crippen molar-refractivity contribution < 1.29 is 0 Å². The van der Waals surface area contributed by atoms with Gasteiger partial charge in [-0.3, -0.25) is 4.90 Å². The molecule has 1 N–H and O–H groups in total. The van der Waals surface area contributed by atoms with Crippen LogP contribution in [0.15, 0.2) is 12.5 Å². The van der Waals surface area contributed by atoms with Gasteiger partial charge in [0.1, 0.15) is 0 Å². The molecule has 1 atom stereocenters.